The standard InChI is InChI=1S/C2H6FN.ClH/c1-4-2-3;/h4H,2H2,1H3;1H. The van der Waals surface area contributed by atoms with Crippen molar-refractivity contribution in [2.24, 2.45) is 0 Å². The lowest BCUT2D eigenvalue weighted by Crippen LogP contribution is -1.99. The summed E-state index contributed by atoms with van der Waals surface area (Å²) in [5.74, 6) is 0. The first-order valence-corrected chi connectivity index (χ1v) is 1.12. The Kier molecular flexibility index (Phi) is 15.9. The van der Waals surface area contributed by atoms with Gasteiger partial charge in [0.05, 0.1) is 0 Å². The van der Waals surface area contributed by atoms with Gasteiger partial charge < -0.3 is 0 Å². The van der Waals surface area contributed by atoms with Crippen molar-refractivity contribution in [1.29, 1.82) is 0 Å². The maximum atomic E-state index is 10.6. The minimum atomic E-state index is -0.431. The molecule has 0 radical (unpaired) electrons. The van der Waals surface area contributed by atoms with Gasteiger partial charge in [-0.15, -0.1) is 12.4 Å². The van der Waals surface area contributed by atoms with Crippen LogP contribution in [0.2, 0.25) is 0 Å². The lowest BCUT2D eigenvalue weighted by Gasteiger charge is -1.72. The lowest BCUT2D eigenvalue weighted by molar-refractivity contribution is 0.452. The molecular formula is C2H7ClFN. The number of nitrogens with one attached hydrogen (secondary N) is 1. The molecule has 5 heavy (non-hydrogen) atoms. The van der Waals surface area contributed by atoms with Gasteiger partial charge in [0.1, 0.15) is 6.80 Å². The summed E-state index contributed by atoms with van der Waals surface area (Å²) < 4.78 is 10.6. The van der Waals surface area contributed by atoms with Gasteiger partial charge in [0.25, 0.3) is 0 Å². The monoisotopic (exact) mass is 99.0 g/mol. The Bertz CT molecular complexity index is 11.6. The first-order chi connectivity index (χ1) is 1.91. The summed E-state index contributed by atoms with van der Waals surface area (Å²) in [4.78, 5) is 0. The van der Waals surface area contributed by atoms with Crippen LogP contribution in [0.15, 0.2) is 0 Å². The van der Waals surface area contributed by atoms with Crippen LogP contribution in [0.25, 0.3) is 0 Å². The van der Waals surface area contributed by atoms with E-state index in [0.717, 1.165) is 0 Å². The molecule has 0 rings (SSSR count). The van der Waals surface area contributed by atoms with Gasteiger partial charge in [-0.3, -0.25) is 5.32 Å². The maximum Gasteiger partial charge on any atom is 0.140 e. The number of halogens is 2. The van der Waals surface area contributed by atoms with Gasteiger partial charge in [-0.2, -0.15) is 0 Å². The van der Waals surface area contributed by atoms with Gasteiger partial charge >= 0.3 is 0 Å². The fourth-order valence-corrected chi connectivity index (χ4v) is 0. The van der Waals surface area contributed by atoms with Gasteiger partial charge in [-0.05, 0) is 7.05 Å². The van der Waals surface area contributed by atoms with Crippen LogP contribution >= 0.6 is 12.4 Å². The molecule has 0 aromatic rings. The molecule has 1 nitrogen and oxygen atoms in total. The van der Waals surface area contributed by atoms with E-state index in [1.807, 2.05) is 0 Å². The molecule has 0 saturated heterocycles. The number of hydrogen-bond acceptors (Lipinski definition) is 1. The van der Waals surface area contributed by atoms with Crippen LogP contribution in [-0.4, -0.2) is 13.8 Å². The van der Waals surface area contributed by atoms with E-state index in [9.17, 15) is 4.39 Å². The molecule has 3 heteroatoms. The summed E-state index contributed by atoms with van der Waals surface area (Å²) in [6.45, 7) is -0.431. The quantitative estimate of drug-likeness (QED) is 0.474. The van der Waals surface area contributed by atoms with E-state index in [1.54, 1.807) is 7.05 Å². The lowest BCUT2D eigenvalue weighted by atomic mass is 11.2. The van der Waals surface area contributed by atoms with Crippen LogP contribution in [0.3, 0.4) is 0 Å². The number of rotatable bonds is 1. The largest absolute Gasteiger partial charge is 0.293 e. The summed E-state index contributed by atoms with van der Waals surface area (Å²) in [5, 5.41) is 2.26. The van der Waals surface area contributed by atoms with E-state index in [-0.39, 0.29) is 12.4 Å². The average Bonchev–Trinajstić information content (AvgIpc) is 1.37. The zero-order chi connectivity index (χ0) is 3.41. The highest BCUT2D eigenvalue weighted by molar-refractivity contribution is 5.85. The summed E-state index contributed by atoms with van der Waals surface area (Å²) in [7, 11) is 1.56. The molecular weight excluding hydrogens is 92.5 g/mol. The summed E-state index contributed by atoms with van der Waals surface area (Å²) in [6, 6.07) is 0. The van der Waals surface area contributed by atoms with Gasteiger partial charge in [0, 0.05) is 0 Å². The Morgan fingerprint density at radius 1 is 1.80 bits per heavy atom. The second-order valence-electron chi connectivity index (χ2n) is 0.487. The zero-order valence-electron chi connectivity index (χ0n) is 2.99. The first-order valence-electron chi connectivity index (χ1n) is 1.12. The second-order valence-corrected chi connectivity index (χ2v) is 0.487. The minimum Gasteiger partial charge on any atom is -0.293 e. The molecule has 34 valence electrons. The fourth-order valence-electron chi connectivity index (χ4n) is 0. The Labute approximate surface area is 37.0 Å². The predicted molar refractivity (Wildman–Crippen MR) is 22.3 cm³/mol. The van der Waals surface area contributed by atoms with Gasteiger partial charge in [0.15, 0.2) is 0 Å². The van der Waals surface area contributed by atoms with E-state index in [0.29, 0.717) is 0 Å². The first kappa shape index (κ1) is 8.95. The topological polar surface area (TPSA) is 12.0 Å². The van der Waals surface area contributed by atoms with Gasteiger partial charge in [-0.25, -0.2) is 4.39 Å². The van der Waals surface area contributed by atoms with Gasteiger partial charge in [0.2, 0.25) is 0 Å². The highest BCUT2D eigenvalue weighted by atomic mass is 35.5. The molecule has 1 N–H and O–H groups in total. The molecule has 0 aromatic heterocycles. The normalized spacial score (nSPS) is 6.00. The van der Waals surface area contributed by atoms with Crippen molar-refractivity contribution >= 4 is 12.4 Å². The summed E-state index contributed by atoms with van der Waals surface area (Å²) in [5.41, 5.74) is 0. The van der Waals surface area contributed by atoms with Crippen molar-refractivity contribution in [3.05, 3.63) is 0 Å². The third-order valence-electron chi connectivity index (χ3n) is 0.134. The molecule has 0 aliphatic heterocycles. The second kappa shape index (κ2) is 8.89. The van der Waals surface area contributed by atoms with Crippen LogP contribution in [0.4, 0.5) is 4.39 Å². The highest BCUT2D eigenvalue weighted by Gasteiger charge is 1.54. The smallest absolute Gasteiger partial charge is 0.140 e. The third-order valence-corrected chi connectivity index (χ3v) is 0.134. The van der Waals surface area contributed by atoms with Crippen LogP contribution in [0, 0.1) is 0 Å². The van der Waals surface area contributed by atoms with Crippen molar-refractivity contribution in [2.45, 2.75) is 0 Å². The minimum absolute atomic E-state index is 0. The predicted octanol–water partition coefficient (Wildman–Crippen LogP) is 0.555. The third kappa shape index (κ3) is 14.3. The number of alkyl halides is 1. The Hall–Kier alpha value is 0.180. The van der Waals surface area contributed by atoms with Crippen molar-refractivity contribution in [3.8, 4) is 0 Å². The van der Waals surface area contributed by atoms with Crippen LogP contribution in [-0.2, 0) is 0 Å². The van der Waals surface area contributed by atoms with Crippen molar-refractivity contribution in [3.63, 3.8) is 0 Å². The van der Waals surface area contributed by atoms with Crippen LogP contribution in [0.5, 0.6) is 0 Å². The zero-order valence-corrected chi connectivity index (χ0v) is 3.81. The Morgan fingerprint density at radius 2 is 2.00 bits per heavy atom. The van der Waals surface area contributed by atoms with Crippen molar-refractivity contribution < 1.29 is 4.39 Å². The SMILES string of the molecule is CNCF.Cl. The van der Waals surface area contributed by atoms with E-state index >= 15 is 0 Å². The molecule has 0 saturated carbocycles. The molecule has 0 aromatic carbocycles. The molecule has 0 heterocycles. The van der Waals surface area contributed by atoms with Crippen LogP contribution < -0.4 is 5.32 Å². The molecule has 0 amide bonds. The highest BCUT2D eigenvalue weighted by Crippen LogP contribution is 1.44. The van der Waals surface area contributed by atoms with Crippen molar-refractivity contribution in [1.82, 2.24) is 5.32 Å². The van der Waals surface area contributed by atoms with E-state index in [1.165, 1.54) is 0 Å². The molecule has 0 bridgehead atoms. The van der Waals surface area contributed by atoms with Gasteiger partial charge in [-0.1, -0.05) is 0 Å². The molecule has 0 aliphatic rings. The molecule has 0 spiro atoms. The molecule has 0 fully saturated rings. The summed E-state index contributed by atoms with van der Waals surface area (Å²) >= 11 is 0. The molecule has 0 atom stereocenters. The summed E-state index contributed by atoms with van der Waals surface area (Å²) in [6.07, 6.45) is 0. The van der Waals surface area contributed by atoms with Crippen molar-refractivity contribution in [2.75, 3.05) is 13.8 Å². The van der Waals surface area contributed by atoms with E-state index in [2.05, 4.69) is 5.32 Å². The van der Waals surface area contributed by atoms with E-state index in [4.69, 9.17) is 0 Å². The van der Waals surface area contributed by atoms with Crippen LogP contribution in [0.1, 0.15) is 0 Å². The molecule has 0 unspecified atom stereocenters. The molecule has 0 aliphatic carbocycles. The Morgan fingerprint density at radius 3 is 2.00 bits per heavy atom. The number of hydrogen-bond donors (Lipinski definition) is 1. The fraction of sp³-hybridized carbons (Fsp3) is 1.00. The maximum absolute atomic E-state index is 10.6. The Balaban J connectivity index is 0. The average molecular weight is 99.5 g/mol. The van der Waals surface area contributed by atoms with E-state index < -0.39 is 6.80 Å².